The number of nitrogens with one attached hydrogen (secondary N) is 2. The van der Waals surface area contributed by atoms with Crippen LogP contribution in [0.5, 0.6) is 0 Å². The molecule has 0 amide bonds. The molecule has 0 unspecified atom stereocenters. The number of nitrogens with zero attached hydrogens (tertiary/aromatic N) is 2. The molecule has 2 rings (SSSR count). The van der Waals surface area contributed by atoms with Gasteiger partial charge in [0.15, 0.2) is 0 Å². The second-order valence-corrected chi connectivity index (χ2v) is 4.76. The molecule has 1 aromatic heterocycles. The molecule has 1 heterocycles. The predicted molar refractivity (Wildman–Crippen MR) is 79.7 cm³/mol. The third-order valence-electron chi connectivity index (χ3n) is 2.75. The predicted octanol–water partition coefficient (Wildman–Crippen LogP) is 3.62. The minimum Gasteiger partial charge on any atom is -0.366 e. The Labute approximate surface area is 122 Å². The van der Waals surface area contributed by atoms with Crippen LogP contribution in [0.4, 0.5) is 16.2 Å². The monoisotopic (exact) mass is 294 g/mol. The molecule has 1 aromatic carbocycles. The first-order valence-electron chi connectivity index (χ1n) is 6.35. The molecule has 2 N–H and O–H groups in total. The van der Waals surface area contributed by atoms with E-state index < -0.39 is 5.82 Å². The van der Waals surface area contributed by atoms with Crippen molar-refractivity contribution in [1.29, 1.82) is 0 Å². The van der Waals surface area contributed by atoms with Crippen molar-refractivity contribution < 1.29 is 4.39 Å². The molecule has 0 atom stereocenters. The van der Waals surface area contributed by atoms with E-state index in [0.717, 1.165) is 23.5 Å². The third-order valence-corrected chi connectivity index (χ3v) is 3.04. The molecular weight excluding hydrogens is 279 g/mol. The molecule has 2 aromatic rings. The van der Waals surface area contributed by atoms with Gasteiger partial charge in [0, 0.05) is 24.8 Å². The molecule has 0 aliphatic carbocycles. The van der Waals surface area contributed by atoms with Crippen molar-refractivity contribution >= 4 is 23.4 Å². The van der Waals surface area contributed by atoms with E-state index in [0.29, 0.717) is 12.5 Å². The highest BCUT2D eigenvalue weighted by atomic mass is 35.5. The Morgan fingerprint density at radius 2 is 2.10 bits per heavy atom. The molecule has 0 saturated carbocycles. The van der Waals surface area contributed by atoms with Crippen molar-refractivity contribution in [1.82, 2.24) is 9.97 Å². The highest BCUT2D eigenvalue weighted by Crippen LogP contribution is 2.18. The zero-order valence-electron chi connectivity index (χ0n) is 11.4. The number of anilines is 2. The molecule has 0 radical (unpaired) electrons. The molecule has 0 aliphatic rings. The van der Waals surface area contributed by atoms with Gasteiger partial charge in [0.05, 0.1) is 5.02 Å². The van der Waals surface area contributed by atoms with Crippen LogP contribution in [0.2, 0.25) is 5.02 Å². The van der Waals surface area contributed by atoms with E-state index in [1.54, 1.807) is 18.3 Å². The summed E-state index contributed by atoms with van der Waals surface area (Å²) in [4.78, 5) is 8.55. The van der Waals surface area contributed by atoms with Crippen molar-refractivity contribution in [2.75, 3.05) is 17.2 Å². The zero-order chi connectivity index (χ0) is 14.5. The van der Waals surface area contributed by atoms with Crippen LogP contribution in [-0.4, -0.2) is 16.5 Å². The van der Waals surface area contributed by atoms with E-state index in [1.165, 1.54) is 6.07 Å². The standard InChI is InChI=1S/C14H16ClFN4/c1-3-17-14-19-7-9(2)13(20-14)18-8-10-4-5-12(16)11(15)6-10/h4-7H,3,8H2,1-2H3,(H2,17,18,19,20). The van der Waals surface area contributed by atoms with Crippen LogP contribution in [-0.2, 0) is 6.54 Å². The SMILES string of the molecule is CCNc1ncc(C)c(NCc2ccc(F)c(Cl)c2)n1. The van der Waals surface area contributed by atoms with Gasteiger partial charge in [0.25, 0.3) is 0 Å². The number of rotatable bonds is 5. The first kappa shape index (κ1) is 14.5. The number of halogens is 2. The van der Waals surface area contributed by atoms with Crippen LogP contribution in [0, 0.1) is 12.7 Å². The number of aromatic nitrogens is 2. The van der Waals surface area contributed by atoms with Crippen molar-refractivity contribution in [2.24, 2.45) is 0 Å². The fraction of sp³-hybridized carbons (Fsp3) is 0.286. The maximum absolute atomic E-state index is 13.1. The fourth-order valence-electron chi connectivity index (χ4n) is 1.70. The first-order valence-corrected chi connectivity index (χ1v) is 6.73. The van der Waals surface area contributed by atoms with Gasteiger partial charge in [-0.05, 0) is 31.5 Å². The molecule has 0 fully saturated rings. The Hall–Kier alpha value is -1.88. The summed E-state index contributed by atoms with van der Waals surface area (Å²) < 4.78 is 13.1. The maximum atomic E-state index is 13.1. The van der Waals surface area contributed by atoms with Crippen molar-refractivity contribution in [3.05, 3.63) is 46.4 Å². The van der Waals surface area contributed by atoms with Gasteiger partial charge < -0.3 is 10.6 Å². The lowest BCUT2D eigenvalue weighted by Gasteiger charge is -2.10. The lowest BCUT2D eigenvalue weighted by molar-refractivity contribution is 0.627. The van der Waals surface area contributed by atoms with E-state index in [9.17, 15) is 4.39 Å². The summed E-state index contributed by atoms with van der Waals surface area (Å²) >= 11 is 5.75. The van der Waals surface area contributed by atoms with E-state index in [-0.39, 0.29) is 5.02 Å². The normalized spacial score (nSPS) is 10.4. The van der Waals surface area contributed by atoms with E-state index >= 15 is 0 Å². The first-order chi connectivity index (χ1) is 9.60. The average molecular weight is 295 g/mol. The van der Waals surface area contributed by atoms with E-state index in [4.69, 9.17) is 11.6 Å². The van der Waals surface area contributed by atoms with Crippen molar-refractivity contribution in [3.8, 4) is 0 Å². The quantitative estimate of drug-likeness (QED) is 0.884. The van der Waals surface area contributed by atoms with E-state index in [2.05, 4.69) is 20.6 Å². The van der Waals surface area contributed by atoms with Crippen molar-refractivity contribution in [2.45, 2.75) is 20.4 Å². The van der Waals surface area contributed by atoms with Gasteiger partial charge >= 0.3 is 0 Å². The van der Waals surface area contributed by atoms with Gasteiger partial charge in [-0.2, -0.15) is 4.98 Å². The highest BCUT2D eigenvalue weighted by molar-refractivity contribution is 6.30. The number of aryl methyl sites for hydroxylation is 1. The lowest BCUT2D eigenvalue weighted by Crippen LogP contribution is -2.08. The minimum atomic E-state index is -0.414. The van der Waals surface area contributed by atoms with Crippen LogP contribution in [0.25, 0.3) is 0 Å². The lowest BCUT2D eigenvalue weighted by atomic mass is 10.2. The molecule has 0 saturated heterocycles. The summed E-state index contributed by atoms with van der Waals surface area (Å²) in [6.07, 6.45) is 1.75. The molecule has 0 spiro atoms. The topological polar surface area (TPSA) is 49.8 Å². The molecule has 106 valence electrons. The molecule has 0 bridgehead atoms. The third kappa shape index (κ3) is 3.57. The Balaban J connectivity index is 2.09. The Morgan fingerprint density at radius 1 is 1.30 bits per heavy atom. The molecule has 6 heteroatoms. The van der Waals surface area contributed by atoms with Gasteiger partial charge in [-0.15, -0.1) is 0 Å². The molecular formula is C14H16ClFN4. The van der Waals surface area contributed by atoms with Crippen molar-refractivity contribution in [3.63, 3.8) is 0 Å². The Morgan fingerprint density at radius 3 is 2.80 bits per heavy atom. The number of hydrogen-bond donors (Lipinski definition) is 2. The highest BCUT2D eigenvalue weighted by Gasteiger charge is 2.05. The molecule has 20 heavy (non-hydrogen) atoms. The van der Waals surface area contributed by atoms with Gasteiger partial charge in [0.2, 0.25) is 5.95 Å². The fourth-order valence-corrected chi connectivity index (χ4v) is 1.90. The van der Waals surface area contributed by atoms with Crippen LogP contribution >= 0.6 is 11.6 Å². The van der Waals surface area contributed by atoms with Crippen LogP contribution in [0.15, 0.2) is 24.4 Å². The second kappa shape index (κ2) is 6.52. The van der Waals surface area contributed by atoms with Gasteiger partial charge in [-0.25, -0.2) is 9.37 Å². The van der Waals surface area contributed by atoms with Gasteiger partial charge in [-0.1, -0.05) is 17.7 Å². The maximum Gasteiger partial charge on any atom is 0.224 e. The van der Waals surface area contributed by atoms with E-state index in [1.807, 2.05) is 13.8 Å². The molecule has 4 nitrogen and oxygen atoms in total. The number of hydrogen-bond acceptors (Lipinski definition) is 4. The van der Waals surface area contributed by atoms with Crippen LogP contribution in [0.1, 0.15) is 18.1 Å². The minimum absolute atomic E-state index is 0.122. The summed E-state index contributed by atoms with van der Waals surface area (Å²) in [5.74, 6) is 0.914. The summed E-state index contributed by atoms with van der Waals surface area (Å²) in [7, 11) is 0. The summed E-state index contributed by atoms with van der Waals surface area (Å²) in [6, 6.07) is 4.65. The van der Waals surface area contributed by atoms with Crippen LogP contribution in [0.3, 0.4) is 0 Å². The zero-order valence-corrected chi connectivity index (χ0v) is 12.1. The summed E-state index contributed by atoms with van der Waals surface area (Å²) in [5.41, 5.74) is 1.83. The number of benzene rings is 1. The summed E-state index contributed by atoms with van der Waals surface area (Å²) in [6.45, 7) is 5.19. The molecule has 0 aliphatic heterocycles. The largest absolute Gasteiger partial charge is 0.366 e. The van der Waals surface area contributed by atoms with Gasteiger partial charge in [0.1, 0.15) is 11.6 Å². The average Bonchev–Trinajstić information content (AvgIpc) is 2.43. The van der Waals surface area contributed by atoms with Crippen LogP contribution < -0.4 is 10.6 Å². The summed E-state index contributed by atoms with van der Waals surface area (Å²) in [5, 5.41) is 6.38. The Bertz CT molecular complexity index is 604. The smallest absolute Gasteiger partial charge is 0.224 e. The second-order valence-electron chi connectivity index (χ2n) is 4.36. The Kier molecular flexibility index (Phi) is 4.74. The van der Waals surface area contributed by atoms with Gasteiger partial charge in [-0.3, -0.25) is 0 Å².